The van der Waals surface area contributed by atoms with E-state index >= 15 is 0 Å². The summed E-state index contributed by atoms with van der Waals surface area (Å²) in [5.41, 5.74) is 5.03. The molecule has 0 aliphatic carbocycles. The van der Waals surface area contributed by atoms with Gasteiger partial charge in [0, 0.05) is 69.2 Å². The first-order valence-corrected chi connectivity index (χ1v) is 11.7. The fourth-order valence-corrected chi connectivity index (χ4v) is 5.48. The Kier molecular flexibility index (Phi) is 6.09. The minimum absolute atomic E-state index is 0.0248. The van der Waals surface area contributed by atoms with Gasteiger partial charge >= 0.3 is 6.36 Å². The molecule has 0 unspecified atom stereocenters. The van der Waals surface area contributed by atoms with Crippen molar-refractivity contribution in [2.45, 2.75) is 31.8 Å². The van der Waals surface area contributed by atoms with Crippen molar-refractivity contribution in [1.82, 2.24) is 9.47 Å². The minimum Gasteiger partial charge on any atom is -0.406 e. The van der Waals surface area contributed by atoms with Crippen LogP contribution in [0, 0.1) is 5.92 Å². The van der Waals surface area contributed by atoms with Crippen LogP contribution in [0.25, 0.3) is 11.1 Å². The third-order valence-corrected chi connectivity index (χ3v) is 6.92. The first kappa shape index (κ1) is 23.5. The Morgan fingerprint density at radius 1 is 0.943 bits per heavy atom. The molecule has 1 aromatic heterocycles. The summed E-state index contributed by atoms with van der Waals surface area (Å²) < 4.78 is 43.6. The molecular formula is C27H28F3N3O2. The van der Waals surface area contributed by atoms with E-state index in [1.165, 1.54) is 17.7 Å². The molecule has 184 valence electrons. The minimum atomic E-state index is -4.73. The molecule has 1 saturated heterocycles. The number of hydrogen-bond acceptors (Lipinski definition) is 4. The Bertz CT molecular complexity index is 1250. The van der Waals surface area contributed by atoms with Crippen molar-refractivity contribution in [2.24, 2.45) is 5.92 Å². The first-order valence-electron chi connectivity index (χ1n) is 11.7. The van der Waals surface area contributed by atoms with Gasteiger partial charge in [-0.05, 0) is 53.8 Å². The molecule has 5 nitrogen and oxygen atoms in total. The second-order valence-corrected chi connectivity index (χ2v) is 9.71. The molecule has 1 fully saturated rings. The van der Waals surface area contributed by atoms with Gasteiger partial charge in [0.05, 0.1) is 0 Å². The number of halogens is 3. The maximum absolute atomic E-state index is 12.7. The van der Waals surface area contributed by atoms with Crippen LogP contribution in [0.1, 0.15) is 23.6 Å². The number of alkyl halides is 3. The van der Waals surface area contributed by atoms with E-state index < -0.39 is 6.36 Å². The SMILES string of the molecule is CN(C)c1ccc(CN2C[C@@H]3C[C@H](C2)c2c(-c4ccc(OC(F)(F)F)cc4)ccc(=O)n2C3)cc1. The Balaban J connectivity index is 1.41. The van der Waals surface area contributed by atoms with Gasteiger partial charge in [0.25, 0.3) is 5.56 Å². The summed E-state index contributed by atoms with van der Waals surface area (Å²) in [7, 11) is 4.05. The molecule has 2 aromatic carbocycles. The van der Waals surface area contributed by atoms with Crippen LogP contribution in [0.5, 0.6) is 5.75 Å². The van der Waals surface area contributed by atoms with Gasteiger partial charge in [0.2, 0.25) is 0 Å². The fraction of sp³-hybridized carbons (Fsp3) is 0.370. The van der Waals surface area contributed by atoms with E-state index in [-0.39, 0.29) is 17.2 Å². The Labute approximate surface area is 202 Å². The highest BCUT2D eigenvalue weighted by molar-refractivity contribution is 5.67. The number of likely N-dealkylation sites (tertiary alicyclic amines) is 1. The third-order valence-electron chi connectivity index (χ3n) is 6.92. The third kappa shape index (κ3) is 5.07. The summed E-state index contributed by atoms with van der Waals surface area (Å²) in [6, 6.07) is 17.8. The van der Waals surface area contributed by atoms with Crippen molar-refractivity contribution in [1.29, 1.82) is 0 Å². The monoisotopic (exact) mass is 483 g/mol. The molecule has 3 aromatic rings. The molecule has 2 bridgehead atoms. The smallest absolute Gasteiger partial charge is 0.406 e. The number of fused-ring (bicyclic) bond motifs is 4. The first-order chi connectivity index (χ1) is 16.7. The van der Waals surface area contributed by atoms with Crippen LogP contribution < -0.4 is 15.2 Å². The number of nitrogens with zero attached hydrogens (tertiary/aromatic N) is 3. The van der Waals surface area contributed by atoms with Gasteiger partial charge in [-0.25, -0.2) is 0 Å². The summed E-state index contributed by atoms with van der Waals surface area (Å²) >= 11 is 0. The topological polar surface area (TPSA) is 37.7 Å². The molecule has 8 heteroatoms. The molecule has 2 atom stereocenters. The van der Waals surface area contributed by atoms with Gasteiger partial charge in [-0.15, -0.1) is 13.2 Å². The summed E-state index contributed by atoms with van der Waals surface area (Å²) in [6.07, 6.45) is -3.73. The standard InChI is InChI=1S/C27H28F3N3O2/c1-31(2)22-7-3-18(4-8-22)14-32-15-19-13-21(17-32)26-24(11-12-25(34)33(26)16-19)20-5-9-23(10-6-20)35-27(28,29)30/h3-12,19,21H,13-17H2,1-2H3/t19-,21+/m0/s1. The Hall–Kier alpha value is -3.26. The van der Waals surface area contributed by atoms with Crippen LogP contribution >= 0.6 is 0 Å². The van der Waals surface area contributed by atoms with Crippen LogP contribution in [-0.4, -0.2) is 43.0 Å². The van der Waals surface area contributed by atoms with E-state index in [1.54, 1.807) is 24.3 Å². The van der Waals surface area contributed by atoms with Crippen LogP contribution in [-0.2, 0) is 13.1 Å². The molecule has 2 aliphatic rings. The van der Waals surface area contributed by atoms with Crippen molar-refractivity contribution in [3.05, 3.63) is 82.3 Å². The lowest BCUT2D eigenvalue weighted by molar-refractivity contribution is -0.274. The number of benzene rings is 2. The predicted octanol–water partition coefficient (Wildman–Crippen LogP) is 5.10. The lowest BCUT2D eigenvalue weighted by atomic mass is 9.80. The Morgan fingerprint density at radius 2 is 1.66 bits per heavy atom. The van der Waals surface area contributed by atoms with Gasteiger partial charge in [0.15, 0.2) is 0 Å². The zero-order chi connectivity index (χ0) is 24.7. The van der Waals surface area contributed by atoms with Crippen LogP contribution in [0.15, 0.2) is 65.5 Å². The average Bonchev–Trinajstić information content (AvgIpc) is 2.80. The van der Waals surface area contributed by atoms with E-state index in [0.29, 0.717) is 12.5 Å². The molecule has 0 saturated carbocycles. The second-order valence-electron chi connectivity index (χ2n) is 9.71. The number of hydrogen-bond donors (Lipinski definition) is 0. The quantitative estimate of drug-likeness (QED) is 0.506. The number of anilines is 1. The highest BCUT2D eigenvalue weighted by atomic mass is 19.4. The van der Waals surface area contributed by atoms with E-state index in [2.05, 4.69) is 38.8 Å². The molecule has 0 amide bonds. The van der Waals surface area contributed by atoms with E-state index in [4.69, 9.17) is 0 Å². The number of aromatic nitrogens is 1. The summed E-state index contributed by atoms with van der Waals surface area (Å²) in [5, 5.41) is 0. The van der Waals surface area contributed by atoms with Crippen LogP contribution in [0.3, 0.4) is 0 Å². The second kappa shape index (κ2) is 9.07. The molecule has 0 radical (unpaired) electrons. The molecule has 0 N–H and O–H groups in total. The average molecular weight is 484 g/mol. The van der Waals surface area contributed by atoms with Gasteiger partial charge < -0.3 is 14.2 Å². The highest BCUT2D eigenvalue weighted by Crippen LogP contribution is 2.40. The van der Waals surface area contributed by atoms with Gasteiger partial charge in [0.1, 0.15) is 5.75 Å². The van der Waals surface area contributed by atoms with Gasteiger partial charge in [-0.2, -0.15) is 0 Å². The molecule has 35 heavy (non-hydrogen) atoms. The zero-order valence-corrected chi connectivity index (χ0v) is 19.8. The van der Waals surface area contributed by atoms with Crippen molar-refractivity contribution >= 4 is 5.69 Å². The zero-order valence-electron chi connectivity index (χ0n) is 19.8. The number of rotatable bonds is 5. The van der Waals surface area contributed by atoms with Crippen LogP contribution in [0.4, 0.5) is 18.9 Å². The summed E-state index contributed by atoms with van der Waals surface area (Å²) in [5.74, 6) is 0.309. The lowest BCUT2D eigenvalue weighted by Crippen LogP contribution is -2.47. The van der Waals surface area contributed by atoms with Crippen LogP contribution in [0.2, 0.25) is 0 Å². The van der Waals surface area contributed by atoms with Gasteiger partial charge in [-0.3, -0.25) is 9.69 Å². The Morgan fingerprint density at radius 3 is 2.31 bits per heavy atom. The number of pyridine rings is 1. The van der Waals surface area contributed by atoms with Crippen molar-refractivity contribution in [3.63, 3.8) is 0 Å². The molecule has 5 rings (SSSR count). The van der Waals surface area contributed by atoms with Gasteiger partial charge in [-0.1, -0.05) is 24.3 Å². The maximum atomic E-state index is 12.7. The van der Waals surface area contributed by atoms with E-state index in [0.717, 1.165) is 48.6 Å². The van der Waals surface area contributed by atoms with E-state index in [9.17, 15) is 18.0 Å². The summed E-state index contributed by atoms with van der Waals surface area (Å²) in [6.45, 7) is 3.27. The maximum Gasteiger partial charge on any atom is 0.573 e. The normalized spacial score (nSPS) is 19.8. The van der Waals surface area contributed by atoms with Crippen molar-refractivity contribution < 1.29 is 17.9 Å². The fourth-order valence-electron chi connectivity index (χ4n) is 5.48. The largest absolute Gasteiger partial charge is 0.573 e. The molecule has 0 spiro atoms. The summed E-state index contributed by atoms with van der Waals surface area (Å²) in [4.78, 5) is 17.3. The number of ether oxygens (including phenoxy) is 1. The number of piperidine rings is 1. The van der Waals surface area contributed by atoms with Crippen molar-refractivity contribution in [2.75, 3.05) is 32.1 Å². The molecule has 2 aliphatic heterocycles. The van der Waals surface area contributed by atoms with E-state index in [1.807, 2.05) is 18.7 Å². The lowest BCUT2D eigenvalue weighted by Gasteiger charge is -2.43. The molecule has 3 heterocycles. The molecular weight excluding hydrogens is 455 g/mol. The van der Waals surface area contributed by atoms with Crippen molar-refractivity contribution in [3.8, 4) is 16.9 Å². The highest BCUT2D eigenvalue weighted by Gasteiger charge is 2.36. The predicted molar refractivity (Wildman–Crippen MR) is 130 cm³/mol.